The molecule has 0 bridgehead atoms. The molecular weight excluding hydrogens is 108 g/mol. The molecule has 2 fully saturated rings. The molecule has 0 nitrogen and oxygen atoms in total. The van der Waals surface area contributed by atoms with Gasteiger partial charge in [0, 0.05) is 0 Å². The summed E-state index contributed by atoms with van der Waals surface area (Å²) in [7, 11) is 0. The van der Waals surface area contributed by atoms with E-state index >= 15 is 0 Å². The van der Waals surface area contributed by atoms with Gasteiger partial charge in [-0.15, -0.1) is 0 Å². The van der Waals surface area contributed by atoms with Crippen LogP contribution in [0.5, 0.6) is 0 Å². The largest absolute Gasteiger partial charge is 0.0625 e. The maximum Gasteiger partial charge on any atom is -0.0357 e. The highest BCUT2D eigenvalue weighted by Gasteiger charge is 2.43. The molecule has 2 rings (SSSR count). The normalized spacial score (nSPS) is 56.7. The lowest BCUT2D eigenvalue weighted by molar-refractivity contribution is 0.120. The molecule has 52 valence electrons. The lowest BCUT2D eigenvalue weighted by atomic mass is 9.68. The van der Waals surface area contributed by atoms with Crippen molar-refractivity contribution in [3.05, 3.63) is 0 Å². The predicted octanol–water partition coefficient (Wildman–Crippen LogP) is 2.69. The van der Waals surface area contributed by atoms with E-state index in [0.717, 1.165) is 23.7 Å². The van der Waals surface area contributed by atoms with Crippen LogP contribution < -0.4 is 0 Å². The van der Waals surface area contributed by atoms with E-state index in [1.54, 1.807) is 0 Å². The third-order valence-electron chi connectivity index (χ3n) is 3.39. The summed E-state index contributed by atoms with van der Waals surface area (Å²) in [5.41, 5.74) is 0. The Morgan fingerprint density at radius 2 is 1.78 bits per heavy atom. The summed E-state index contributed by atoms with van der Waals surface area (Å²) in [6, 6.07) is 0. The van der Waals surface area contributed by atoms with E-state index in [0.29, 0.717) is 0 Å². The van der Waals surface area contributed by atoms with Crippen LogP contribution in [0, 0.1) is 23.7 Å². The van der Waals surface area contributed by atoms with Gasteiger partial charge in [-0.3, -0.25) is 0 Å². The number of hydrogen-bond donors (Lipinski definition) is 0. The van der Waals surface area contributed by atoms with Gasteiger partial charge in [-0.2, -0.15) is 0 Å². The maximum absolute atomic E-state index is 2.42. The highest BCUT2D eigenvalue weighted by Crippen LogP contribution is 2.52. The molecule has 2 aliphatic carbocycles. The topological polar surface area (TPSA) is 0 Å². The second-order valence-corrected chi connectivity index (χ2v) is 4.21. The minimum Gasteiger partial charge on any atom is -0.0625 e. The van der Waals surface area contributed by atoms with Crippen LogP contribution in [0.3, 0.4) is 0 Å². The van der Waals surface area contributed by atoms with E-state index in [1.165, 1.54) is 19.3 Å². The van der Waals surface area contributed by atoms with Gasteiger partial charge in [0.25, 0.3) is 0 Å². The van der Waals surface area contributed by atoms with Crippen LogP contribution in [-0.4, -0.2) is 0 Å². The lowest BCUT2D eigenvalue weighted by Crippen LogP contribution is -2.29. The van der Waals surface area contributed by atoms with E-state index in [9.17, 15) is 0 Å². The molecule has 0 aliphatic heterocycles. The molecule has 0 amide bonds. The molecule has 0 heteroatoms. The summed E-state index contributed by atoms with van der Waals surface area (Å²) in [6.07, 6.45) is 4.61. The third-order valence-corrected chi connectivity index (χ3v) is 3.39. The Labute approximate surface area is 57.6 Å². The number of fused-ring (bicyclic) bond motifs is 1. The van der Waals surface area contributed by atoms with Gasteiger partial charge in [-0.25, -0.2) is 0 Å². The first kappa shape index (κ1) is 5.76. The van der Waals surface area contributed by atoms with Gasteiger partial charge in [-0.05, 0) is 42.9 Å². The van der Waals surface area contributed by atoms with Gasteiger partial charge < -0.3 is 0 Å². The van der Waals surface area contributed by atoms with Crippen LogP contribution in [-0.2, 0) is 0 Å². The van der Waals surface area contributed by atoms with E-state index in [-0.39, 0.29) is 0 Å². The van der Waals surface area contributed by atoms with E-state index < -0.39 is 0 Å². The van der Waals surface area contributed by atoms with Crippen molar-refractivity contribution in [2.24, 2.45) is 23.7 Å². The summed E-state index contributed by atoms with van der Waals surface area (Å²) in [5.74, 6) is 4.40. The molecule has 0 aromatic heterocycles. The Morgan fingerprint density at radius 3 is 2.22 bits per heavy atom. The van der Waals surface area contributed by atoms with Gasteiger partial charge in [-0.1, -0.05) is 13.8 Å². The molecule has 2 aliphatic rings. The Hall–Kier alpha value is 0. The van der Waals surface area contributed by atoms with Gasteiger partial charge in [0.1, 0.15) is 0 Å². The second kappa shape index (κ2) is 1.74. The van der Waals surface area contributed by atoms with Crippen molar-refractivity contribution in [2.45, 2.75) is 33.1 Å². The van der Waals surface area contributed by atoms with Gasteiger partial charge in [0.15, 0.2) is 0 Å². The smallest absolute Gasteiger partial charge is 0.0357 e. The molecule has 0 heterocycles. The standard InChI is InChI=1S/C9H16/c1-6-3-8-5-7(2)9(8)4-6/h6-9H,3-5H2,1-2H3. The molecular formula is C9H16. The maximum atomic E-state index is 2.42. The molecule has 0 spiro atoms. The quantitative estimate of drug-likeness (QED) is 0.465. The van der Waals surface area contributed by atoms with Crippen LogP contribution >= 0.6 is 0 Å². The van der Waals surface area contributed by atoms with Crippen molar-refractivity contribution in [1.82, 2.24) is 0 Å². The monoisotopic (exact) mass is 124 g/mol. The van der Waals surface area contributed by atoms with Crippen molar-refractivity contribution in [3.8, 4) is 0 Å². The summed E-state index contributed by atoms with van der Waals surface area (Å²) in [6.45, 7) is 4.82. The molecule has 2 saturated carbocycles. The van der Waals surface area contributed by atoms with Crippen molar-refractivity contribution in [3.63, 3.8) is 0 Å². The van der Waals surface area contributed by atoms with Gasteiger partial charge >= 0.3 is 0 Å². The summed E-state index contributed by atoms with van der Waals surface area (Å²) in [5, 5.41) is 0. The molecule has 0 N–H and O–H groups in total. The van der Waals surface area contributed by atoms with Crippen molar-refractivity contribution in [2.75, 3.05) is 0 Å². The van der Waals surface area contributed by atoms with E-state index in [4.69, 9.17) is 0 Å². The highest BCUT2D eigenvalue weighted by atomic mass is 14.5. The summed E-state index contributed by atoms with van der Waals surface area (Å²) >= 11 is 0. The summed E-state index contributed by atoms with van der Waals surface area (Å²) < 4.78 is 0. The van der Waals surface area contributed by atoms with Crippen molar-refractivity contribution >= 4 is 0 Å². The average molecular weight is 124 g/mol. The zero-order chi connectivity index (χ0) is 6.43. The lowest BCUT2D eigenvalue weighted by Gasteiger charge is -2.37. The van der Waals surface area contributed by atoms with Crippen LogP contribution in [0.15, 0.2) is 0 Å². The average Bonchev–Trinajstić information content (AvgIpc) is 2.08. The predicted molar refractivity (Wildman–Crippen MR) is 39.2 cm³/mol. The first-order valence-corrected chi connectivity index (χ1v) is 4.27. The Bertz CT molecular complexity index is 117. The highest BCUT2D eigenvalue weighted by molar-refractivity contribution is 4.93. The molecule has 4 atom stereocenters. The van der Waals surface area contributed by atoms with Crippen LogP contribution in [0.2, 0.25) is 0 Å². The van der Waals surface area contributed by atoms with E-state index in [1.807, 2.05) is 0 Å². The van der Waals surface area contributed by atoms with Gasteiger partial charge in [0.05, 0.1) is 0 Å². The van der Waals surface area contributed by atoms with Crippen LogP contribution in [0.25, 0.3) is 0 Å². The fourth-order valence-electron chi connectivity index (χ4n) is 2.87. The number of rotatable bonds is 0. The first-order chi connectivity index (χ1) is 4.27. The molecule has 0 aromatic rings. The molecule has 0 saturated heterocycles. The minimum absolute atomic E-state index is 1.05. The fraction of sp³-hybridized carbons (Fsp3) is 1.00. The molecule has 9 heavy (non-hydrogen) atoms. The second-order valence-electron chi connectivity index (χ2n) is 4.21. The summed E-state index contributed by atoms with van der Waals surface area (Å²) in [4.78, 5) is 0. The molecule has 4 unspecified atom stereocenters. The van der Waals surface area contributed by atoms with E-state index in [2.05, 4.69) is 13.8 Å². The zero-order valence-electron chi connectivity index (χ0n) is 6.43. The number of hydrogen-bond acceptors (Lipinski definition) is 0. The zero-order valence-corrected chi connectivity index (χ0v) is 6.43. The minimum atomic E-state index is 1.05. The Morgan fingerprint density at radius 1 is 1.00 bits per heavy atom. The van der Waals surface area contributed by atoms with Crippen LogP contribution in [0.4, 0.5) is 0 Å². The third kappa shape index (κ3) is 0.720. The molecule has 0 aromatic carbocycles. The SMILES string of the molecule is CC1CC2CC(C)C2C1. The van der Waals surface area contributed by atoms with Crippen LogP contribution in [0.1, 0.15) is 33.1 Å². The fourth-order valence-corrected chi connectivity index (χ4v) is 2.87. The van der Waals surface area contributed by atoms with Gasteiger partial charge in [0.2, 0.25) is 0 Å². The van der Waals surface area contributed by atoms with Crippen molar-refractivity contribution in [1.29, 1.82) is 0 Å². The Kier molecular flexibility index (Phi) is 1.12. The first-order valence-electron chi connectivity index (χ1n) is 4.27. The molecule has 0 radical (unpaired) electrons. The Balaban J connectivity index is 2.00. The van der Waals surface area contributed by atoms with Crippen molar-refractivity contribution < 1.29 is 0 Å².